The molecule has 25 heavy (non-hydrogen) atoms. The van der Waals surface area contributed by atoms with Crippen LogP contribution in [0, 0.1) is 0 Å². The Hall–Kier alpha value is -2.02. The molecule has 134 valence electrons. The van der Waals surface area contributed by atoms with Gasteiger partial charge in [-0.1, -0.05) is 44.7 Å². The SMILES string of the molecule is CC(C)(C)c1ccc(NC(=O)N2CCC(N3C(=O)CSC3=O)C2)cc1. The monoisotopic (exact) mass is 361 g/mol. The standard InChI is InChI=1S/C18H23N3O3S/c1-18(2,3)12-4-6-13(7-5-12)19-16(23)20-9-8-14(10-20)21-15(22)11-25-17(21)24/h4-7,14H,8-11H2,1-3H3,(H,19,23). The van der Waals surface area contributed by atoms with Crippen LogP contribution < -0.4 is 5.32 Å². The number of anilines is 1. The van der Waals surface area contributed by atoms with Crippen LogP contribution in [-0.4, -0.2) is 51.9 Å². The molecule has 0 aromatic heterocycles. The average Bonchev–Trinajstić information content (AvgIpc) is 3.14. The lowest BCUT2D eigenvalue weighted by atomic mass is 9.87. The first-order chi connectivity index (χ1) is 11.8. The van der Waals surface area contributed by atoms with Gasteiger partial charge in [0, 0.05) is 18.8 Å². The van der Waals surface area contributed by atoms with Crippen molar-refractivity contribution in [1.29, 1.82) is 0 Å². The average molecular weight is 361 g/mol. The number of benzene rings is 1. The number of imide groups is 1. The van der Waals surface area contributed by atoms with Crippen molar-refractivity contribution < 1.29 is 14.4 Å². The van der Waals surface area contributed by atoms with Crippen LogP contribution in [0.1, 0.15) is 32.8 Å². The number of hydrogen-bond donors (Lipinski definition) is 1. The van der Waals surface area contributed by atoms with Crippen LogP contribution in [0.5, 0.6) is 0 Å². The molecule has 0 spiro atoms. The molecule has 2 heterocycles. The molecule has 1 atom stereocenters. The normalized spacial score (nSPS) is 21.2. The van der Waals surface area contributed by atoms with E-state index in [2.05, 4.69) is 26.1 Å². The Morgan fingerprint density at radius 2 is 1.88 bits per heavy atom. The molecule has 3 rings (SSSR count). The van der Waals surface area contributed by atoms with Crippen LogP contribution in [0.3, 0.4) is 0 Å². The quantitative estimate of drug-likeness (QED) is 0.878. The summed E-state index contributed by atoms with van der Waals surface area (Å²) in [7, 11) is 0. The fraction of sp³-hybridized carbons (Fsp3) is 0.500. The summed E-state index contributed by atoms with van der Waals surface area (Å²) in [5, 5.41) is 2.69. The highest BCUT2D eigenvalue weighted by Crippen LogP contribution is 2.27. The predicted molar refractivity (Wildman–Crippen MR) is 98.8 cm³/mol. The second-order valence-corrected chi connectivity index (χ2v) is 8.39. The van der Waals surface area contributed by atoms with Crippen molar-refractivity contribution in [3.8, 4) is 0 Å². The van der Waals surface area contributed by atoms with Gasteiger partial charge in [0.1, 0.15) is 0 Å². The summed E-state index contributed by atoms with van der Waals surface area (Å²) in [6, 6.07) is 7.43. The third-order valence-electron chi connectivity index (χ3n) is 4.60. The fourth-order valence-corrected chi connectivity index (χ4v) is 3.89. The van der Waals surface area contributed by atoms with Crippen molar-refractivity contribution >= 4 is 34.6 Å². The molecule has 2 fully saturated rings. The van der Waals surface area contributed by atoms with E-state index in [0.29, 0.717) is 19.5 Å². The van der Waals surface area contributed by atoms with E-state index in [1.165, 1.54) is 10.5 Å². The molecule has 1 aromatic carbocycles. The number of amides is 4. The van der Waals surface area contributed by atoms with Crippen molar-refractivity contribution in [2.24, 2.45) is 0 Å². The molecular weight excluding hydrogens is 338 g/mol. The van der Waals surface area contributed by atoms with Crippen LogP contribution in [-0.2, 0) is 10.2 Å². The van der Waals surface area contributed by atoms with Crippen LogP contribution >= 0.6 is 11.8 Å². The van der Waals surface area contributed by atoms with Crippen molar-refractivity contribution in [2.75, 3.05) is 24.2 Å². The Morgan fingerprint density at radius 3 is 2.44 bits per heavy atom. The highest BCUT2D eigenvalue weighted by molar-refractivity contribution is 8.14. The number of urea groups is 1. The van der Waals surface area contributed by atoms with E-state index in [1.54, 1.807) is 4.90 Å². The van der Waals surface area contributed by atoms with Gasteiger partial charge in [-0.15, -0.1) is 0 Å². The van der Waals surface area contributed by atoms with Gasteiger partial charge in [-0.05, 0) is 29.5 Å². The Bertz CT molecular complexity index is 681. The topological polar surface area (TPSA) is 69.7 Å². The number of carbonyl (C=O) groups excluding carboxylic acids is 3. The minimum atomic E-state index is -0.205. The summed E-state index contributed by atoms with van der Waals surface area (Å²) < 4.78 is 0. The van der Waals surface area contributed by atoms with Crippen LogP contribution in [0.4, 0.5) is 15.3 Å². The summed E-state index contributed by atoms with van der Waals surface area (Å²) in [5.74, 6) is 0.0572. The number of carbonyl (C=O) groups is 3. The van der Waals surface area contributed by atoms with Crippen LogP contribution in [0.2, 0.25) is 0 Å². The number of nitrogens with zero attached hydrogens (tertiary/aromatic N) is 2. The summed E-state index contributed by atoms with van der Waals surface area (Å²) in [6.45, 7) is 7.36. The summed E-state index contributed by atoms with van der Waals surface area (Å²) in [4.78, 5) is 39.0. The maximum Gasteiger partial charge on any atom is 0.321 e. The van der Waals surface area contributed by atoms with E-state index >= 15 is 0 Å². The van der Waals surface area contributed by atoms with E-state index < -0.39 is 0 Å². The van der Waals surface area contributed by atoms with Gasteiger partial charge in [0.2, 0.25) is 5.91 Å². The fourth-order valence-electron chi connectivity index (χ4n) is 3.11. The van der Waals surface area contributed by atoms with Crippen molar-refractivity contribution in [3.63, 3.8) is 0 Å². The maximum atomic E-state index is 12.4. The minimum absolute atomic E-state index is 0.0670. The first-order valence-electron chi connectivity index (χ1n) is 8.41. The van der Waals surface area contributed by atoms with Gasteiger partial charge in [-0.25, -0.2) is 4.79 Å². The molecule has 1 unspecified atom stereocenters. The molecule has 0 aliphatic carbocycles. The zero-order valence-electron chi connectivity index (χ0n) is 14.7. The summed E-state index contributed by atoms with van der Waals surface area (Å²) in [5.41, 5.74) is 2.01. The van der Waals surface area contributed by atoms with Crippen molar-refractivity contribution in [2.45, 2.75) is 38.6 Å². The van der Waals surface area contributed by atoms with Gasteiger partial charge in [0.25, 0.3) is 5.24 Å². The first-order valence-corrected chi connectivity index (χ1v) is 9.39. The minimum Gasteiger partial charge on any atom is -0.322 e. The molecular formula is C18H23N3O3S. The number of likely N-dealkylation sites (tertiary alicyclic amines) is 1. The molecule has 4 amide bonds. The van der Waals surface area contributed by atoms with Crippen molar-refractivity contribution in [1.82, 2.24) is 9.80 Å². The first kappa shape index (κ1) is 17.8. The maximum absolute atomic E-state index is 12.4. The zero-order chi connectivity index (χ0) is 18.2. The third-order valence-corrected chi connectivity index (χ3v) is 5.44. The van der Waals surface area contributed by atoms with E-state index in [-0.39, 0.29) is 34.4 Å². The van der Waals surface area contributed by atoms with E-state index in [9.17, 15) is 14.4 Å². The lowest BCUT2D eigenvalue weighted by Gasteiger charge is -2.22. The molecule has 2 saturated heterocycles. The molecule has 1 aromatic rings. The predicted octanol–water partition coefficient (Wildman–Crippen LogP) is 3.29. The van der Waals surface area contributed by atoms with Gasteiger partial charge in [-0.3, -0.25) is 14.5 Å². The Morgan fingerprint density at radius 1 is 1.20 bits per heavy atom. The lowest BCUT2D eigenvalue weighted by Crippen LogP contribution is -2.42. The number of thioether (sulfide) groups is 1. The van der Waals surface area contributed by atoms with E-state index in [4.69, 9.17) is 0 Å². The molecule has 1 N–H and O–H groups in total. The molecule has 0 bridgehead atoms. The number of rotatable bonds is 2. The molecule has 2 aliphatic heterocycles. The molecule has 2 aliphatic rings. The summed E-state index contributed by atoms with van der Waals surface area (Å²) >= 11 is 1.03. The highest BCUT2D eigenvalue weighted by Gasteiger charge is 2.40. The Labute approximate surface area is 151 Å². The van der Waals surface area contributed by atoms with Gasteiger partial charge >= 0.3 is 6.03 Å². The molecule has 6 nitrogen and oxygen atoms in total. The third kappa shape index (κ3) is 3.81. The van der Waals surface area contributed by atoms with E-state index in [1.807, 2.05) is 24.3 Å². The zero-order valence-corrected chi connectivity index (χ0v) is 15.6. The van der Waals surface area contributed by atoms with Gasteiger partial charge in [0.15, 0.2) is 0 Å². The van der Waals surface area contributed by atoms with Gasteiger partial charge in [-0.2, -0.15) is 0 Å². The number of nitrogens with one attached hydrogen (secondary N) is 1. The Kier molecular flexibility index (Phi) is 4.77. The largest absolute Gasteiger partial charge is 0.322 e. The van der Waals surface area contributed by atoms with Crippen molar-refractivity contribution in [3.05, 3.63) is 29.8 Å². The van der Waals surface area contributed by atoms with Gasteiger partial charge in [0.05, 0.1) is 11.8 Å². The highest BCUT2D eigenvalue weighted by atomic mass is 32.2. The molecule has 0 radical (unpaired) electrons. The van der Waals surface area contributed by atoms with Gasteiger partial charge < -0.3 is 10.2 Å². The smallest absolute Gasteiger partial charge is 0.321 e. The Balaban J connectivity index is 1.59. The van der Waals surface area contributed by atoms with E-state index in [0.717, 1.165) is 17.4 Å². The molecule has 7 heteroatoms. The second kappa shape index (κ2) is 6.71. The number of hydrogen-bond acceptors (Lipinski definition) is 4. The van der Waals surface area contributed by atoms with Crippen LogP contribution in [0.15, 0.2) is 24.3 Å². The molecule has 0 saturated carbocycles. The summed E-state index contributed by atoms with van der Waals surface area (Å²) in [6.07, 6.45) is 0.633. The lowest BCUT2D eigenvalue weighted by molar-refractivity contribution is -0.126. The second-order valence-electron chi connectivity index (χ2n) is 7.46. The van der Waals surface area contributed by atoms with Crippen LogP contribution in [0.25, 0.3) is 0 Å².